The molecule has 0 bridgehead atoms. The summed E-state index contributed by atoms with van der Waals surface area (Å²) in [6.45, 7) is 3.90. The third-order valence-corrected chi connectivity index (χ3v) is 4.91. The summed E-state index contributed by atoms with van der Waals surface area (Å²) >= 11 is 0. The Bertz CT molecular complexity index is 883. The lowest BCUT2D eigenvalue weighted by Crippen LogP contribution is -2.40. The van der Waals surface area contributed by atoms with E-state index in [1.54, 1.807) is 38.1 Å². The summed E-state index contributed by atoms with van der Waals surface area (Å²) in [5.41, 5.74) is -1.66. The van der Waals surface area contributed by atoms with Gasteiger partial charge in [-0.1, -0.05) is 0 Å². The predicted octanol–water partition coefficient (Wildman–Crippen LogP) is 3.45. The average molecular weight is 411 g/mol. The summed E-state index contributed by atoms with van der Waals surface area (Å²) in [6.07, 6.45) is -3.54. The molecule has 1 aromatic heterocycles. The van der Waals surface area contributed by atoms with Gasteiger partial charge in [-0.2, -0.15) is 18.3 Å². The number of hydrogen-bond donors (Lipinski definition) is 1. The van der Waals surface area contributed by atoms with Crippen molar-refractivity contribution in [3.63, 3.8) is 0 Å². The Kier molecular flexibility index (Phi) is 5.62. The topological polar surface area (TPSA) is 67.6 Å². The van der Waals surface area contributed by atoms with Crippen molar-refractivity contribution in [1.82, 2.24) is 14.7 Å². The van der Waals surface area contributed by atoms with Crippen molar-refractivity contribution in [2.24, 2.45) is 0 Å². The Morgan fingerprint density at radius 2 is 1.86 bits per heavy atom. The number of amides is 1. The van der Waals surface area contributed by atoms with E-state index in [2.05, 4.69) is 5.10 Å². The SMILES string of the molecule is COc1ccc(-n2nc(C(F)(F)F)c3c2C(=O)N(CCCC(C)(C)O)CC3)cc1. The maximum Gasteiger partial charge on any atom is 0.435 e. The molecule has 1 aliphatic heterocycles. The first-order valence-electron chi connectivity index (χ1n) is 9.36. The molecule has 0 saturated heterocycles. The number of nitrogens with zero attached hydrogens (tertiary/aromatic N) is 3. The molecular weight excluding hydrogens is 387 g/mol. The molecule has 29 heavy (non-hydrogen) atoms. The highest BCUT2D eigenvalue weighted by molar-refractivity contribution is 5.96. The zero-order valence-electron chi connectivity index (χ0n) is 16.6. The van der Waals surface area contributed by atoms with Gasteiger partial charge in [-0.15, -0.1) is 0 Å². The van der Waals surface area contributed by atoms with Crippen LogP contribution in [-0.4, -0.2) is 51.5 Å². The first kappa shape index (κ1) is 21.2. The van der Waals surface area contributed by atoms with Crippen LogP contribution in [0.4, 0.5) is 13.2 Å². The molecule has 0 aliphatic carbocycles. The first-order valence-corrected chi connectivity index (χ1v) is 9.36. The van der Waals surface area contributed by atoms with Crippen molar-refractivity contribution in [3.05, 3.63) is 41.2 Å². The Balaban J connectivity index is 1.97. The maximum atomic E-state index is 13.5. The third kappa shape index (κ3) is 4.55. The molecule has 0 spiro atoms. The highest BCUT2D eigenvalue weighted by Gasteiger charge is 2.43. The highest BCUT2D eigenvalue weighted by Crippen LogP contribution is 2.36. The summed E-state index contributed by atoms with van der Waals surface area (Å²) in [6, 6.07) is 6.33. The van der Waals surface area contributed by atoms with E-state index in [9.17, 15) is 23.1 Å². The summed E-state index contributed by atoms with van der Waals surface area (Å²) in [5, 5.41) is 13.6. The van der Waals surface area contributed by atoms with Crippen LogP contribution in [0.2, 0.25) is 0 Å². The predicted molar refractivity (Wildman–Crippen MR) is 100 cm³/mol. The lowest BCUT2D eigenvalue weighted by molar-refractivity contribution is -0.142. The smallest absolute Gasteiger partial charge is 0.435 e. The van der Waals surface area contributed by atoms with Gasteiger partial charge in [-0.25, -0.2) is 4.68 Å². The lowest BCUT2D eigenvalue weighted by Gasteiger charge is -2.29. The van der Waals surface area contributed by atoms with Gasteiger partial charge in [0, 0.05) is 18.7 Å². The number of alkyl halides is 3. The minimum atomic E-state index is -4.65. The molecule has 3 rings (SSSR count). The minimum Gasteiger partial charge on any atom is -0.497 e. The number of rotatable bonds is 6. The van der Waals surface area contributed by atoms with Gasteiger partial charge in [0.25, 0.3) is 5.91 Å². The van der Waals surface area contributed by atoms with Gasteiger partial charge >= 0.3 is 6.18 Å². The lowest BCUT2D eigenvalue weighted by atomic mass is 10.0. The van der Waals surface area contributed by atoms with Crippen molar-refractivity contribution >= 4 is 5.91 Å². The number of halogens is 3. The molecule has 1 amide bonds. The zero-order valence-corrected chi connectivity index (χ0v) is 16.6. The maximum absolute atomic E-state index is 13.5. The Morgan fingerprint density at radius 3 is 2.41 bits per heavy atom. The Labute approximate surface area is 166 Å². The van der Waals surface area contributed by atoms with Gasteiger partial charge in [0.15, 0.2) is 5.69 Å². The van der Waals surface area contributed by atoms with Crippen LogP contribution in [0.5, 0.6) is 5.75 Å². The second-order valence-electron chi connectivity index (χ2n) is 7.74. The molecule has 0 fully saturated rings. The Hall–Kier alpha value is -2.55. The molecule has 0 atom stereocenters. The first-order chi connectivity index (χ1) is 13.5. The van der Waals surface area contributed by atoms with E-state index in [4.69, 9.17) is 4.74 Å². The number of methoxy groups -OCH3 is 1. The molecule has 2 aromatic rings. The van der Waals surface area contributed by atoms with Crippen LogP contribution >= 0.6 is 0 Å². The molecular formula is C20H24F3N3O3. The molecule has 0 saturated carbocycles. The normalized spacial score (nSPS) is 14.9. The fourth-order valence-electron chi connectivity index (χ4n) is 3.46. The molecule has 9 heteroatoms. The van der Waals surface area contributed by atoms with E-state index in [1.807, 2.05) is 0 Å². The van der Waals surface area contributed by atoms with Gasteiger partial charge < -0.3 is 14.7 Å². The van der Waals surface area contributed by atoms with Crippen molar-refractivity contribution in [2.75, 3.05) is 20.2 Å². The number of hydrogen-bond acceptors (Lipinski definition) is 4. The van der Waals surface area contributed by atoms with Crippen LogP contribution in [0, 0.1) is 0 Å². The van der Waals surface area contributed by atoms with Crippen LogP contribution in [0.3, 0.4) is 0 Å². The van der Waals surface area contributed by atoms with Gasteiger partial charge in [-0.3, -0.25) is 4.79 Å². The zero-order chi connectivity index (χ0) is 21.4. The monoisotopic (exact) mass is 411 g/mol. The molecule has 0 radical (unpaired) electrons. The summed E-state index contributed by atoms with van der Waals surface area (Å²) in [7, 11) is 1.49. The number of benzene rings is 1. The van der Waals surface area contributed by atoms with E-state index in [0.29, 0.717) is 30.8 Å². The number of fused-ring (bicyclic) bond motifs is 1. The molecule has 2 heterocycles. The fraction of sp³-hybridized carbons (Fsp3) is 0.500. The Morgan fingerprint density at radius 1 is 1.21 bits per heavy atom. The van der Waals surface area contributed by atoms with Gasteiger partial charge in [0.1, 0.15) is 11.4 Å². The fourth-order valence-corrected chi connectivity index (χ4v) is 3.46. The summed E-state index contributed by atoms with van der Waals surface area (Å²) in [5.74, 6) is 0.0613. The van der Waals surface area contributed by atoms with Crippen LogP contribution in [-0.2, 0) is 12.6 Å². The van der Waals surface area contributed by atoms with Crippen LogP contribution < -0.4 is 4.74 Å². The van der Waals surface area contributed by atoms with Gasteiger partial charge in [0.2, 0.25) is 0 Å². The third-order valence-electron chi connectivity index (χ3n) is 4.91. The largest absolute Gasteiger partial charge is 0.497 e. The van der Waals surface area contributed by atoms with E-state index >= 15 is 0 Å². The van der Waals surface area contributed by atoms with Crippen LogP contribution in [0.15, 0.2) is 24.3 Å². The number of carbonyl (C=O) groups excluding carboxylic acids is 1. The van der Waals surface area contributed by atoms with Crippen molar-refractivity contribution < 1.29 is 27.8 Å². The molecule has 1 aliphatic rings. The molecule has 1 aromatic carbocycles. The number of aliphatic hydroxyl groups is 1. The van der Waals surface area contributed by atoms with E-state index < -0.39 is 23.4 Å². The van der Waals surface area contributed by atoms with Gasteiger partial charge in [0.05, 0.1) is 18.4 Å². The van der Waals surface area contributed by atoms with Gasteiger partial charge in [-0.05, 0) is 57.4 Å². The van der Waals surface area contributed by atoms with Crippen LogP contribution in [0.25, 0.3) is 5.69 Å². The second kappa shape index (κ2) is 7.70. The van der Waals surface area contributed by atoms with Crippen molar-refractivity contribution in [2.45, 2.75) is 44.9 Å². The molecule has 158 valence electrons. The standard InChI is InChI=1S/C20H24F3N3O3/c1-19(2,28)10-4-11-25-12-9-15-16(18(25)27)26(24-17(15)20(21,22)23)13-5-7-14(29-3)8-6-13/h5-8,28H,4,9-12H2,1-3H3. The van der Waals surface area contributed by atoms with E-state index in [0.717, 1.165) is 4.68 Å². The van der Waals surface area contributed by atoms with E-state index in [-0.39, 0.29) is 24.2 Å². The van der Waals surface area contributed by atoms with Crippen molar-refractivity contribution in [3.8, 4) is 11.4 Å². The average Bonchev–Trinajstić information content (AvgIpc) is 3.03. The number of aromatic nitrogens is 2. The molecule has 1 N–H and O–H groups in total. The molecule has 6 nitrogen and oxygen atoms in total. The highest BCUT2D eigenvalue weighted by atomic mass is 19.4. The summed E-state index contributed by atoms with van der Waals surface area (Å²) < 4.78 is 46.8. The number of ether oxygens (including phenoxy) is 1. The van der Waals surface area contributed by atoms with E-state index in [1.165, 1.54) is 12.0 Å². The number of carbonyl (C=O) groups is 1. The minimum absolute atomic E-state index is 0.0583. The molecule has 0 unspecified atom stereocenters. The van der Waals surface area contributed by atoms with Crippen molar-refractivity contribution in [1.29, 1.82) is 0 Å². The quantitative estimate of drug-likeness (QED) is 0.791. The summed E-state index contributed by atoms with van der Waals surface area (Å²) in [4.78, 5) is 14.6. The second-order valence-corrected chi connectivity index (χ2v) is 7.74. The van der Waals surface area contributed by atoms with Crippen LogP contribution in [0.1, 0.15) is 48.4 Å².